The summed E-state index contributed by atoms with van der Waals surface area (Å²) >= 11 is 0. The van der Waals surface area contributed by atoms with Gasteiger partial charge in [0.2, 0.25) is 5.91 Å². The predicted octanol–water partition coefficient (Wildman–Crippen LogP) is 0.856. The first-order valence-electron chi connectivity index (χ1n) is 6.05. The van der Waals surface area contributed by atoms with Gasteiger partial charge in [-0.2, -0.15) is 10.4 Å². The smallest absolute Gasteiger partial charge is 0.247 e. The van der Waals surface area contributed by atoms with Crippen molar-refractivity contribution < 1.29 is 9.59 Å². The zero-order valence-corrected chi connectivity index (χ0v) is 9.43. The van der Waals surface area contributed by atoms with E-state index < -0.39 is 6.04 Å². The van der Waals surface area contributed by atoms with Gasteiger partial charge in [-0.1, -0.05) is 0 Å². The van der Waals surface area contributed by atoms with E-state index in [9.17, 15) is 9.59 Å². The number of nitrogens with zero attached hydrogens (tertiary/aromatic N) is 3. The molecule has 0 bridgehead atoms. The van der Waals surface area contributed by atoms with Crippen LogP contribution in [0.4, 0.5) is 0 Å². The first-order chi connectivity index (χ1) is 8.20. The minimum absolute atomic E-state index is 0.0324. The molecule has 1 aliphatic heterocycles. The van der Waals surface area contributed by atoms with Gasteiger partial charge in [-0.15, -0.1) is 0 Å². The number of rotatable bonds is 3. The minimum Gasteiger partial charge on any atom is -0.292 e. The van der Waals surface area contributed by atoms with Gasteiger partial charge in [0.1, 0.15) is 11.8 Å². The fraction of sp³-hybridized carbons (Fsp3) is 0.667. The van der Waals surface area contributed by atoms with Crippen molar-refractivity contribution in [3.05, 3.63) is 0 Å². The van der Waals surface area contributed by atoms with Gasteiger partial charge in [-0.3, -0.25) is 9.59 Å². The SMILES string of the molecule is N#CC1CC(C(=O)C2CC2)=NN1C(=O)C1CC1. The quantitative estimate of drug-likeness (QED) is 0.722. The largest absolute Gasteiger partial charge is 0.292 e. The molecule has 2 fully saturated rings. The number of hydrogen-bond acceptors (Lipinski definition) is 4. The van der Waals surface area contributed by atoms with Crippen molar-refractivity contribution in [1.29, 1.82) is 5.26 Å². The molecule has 0 radical (unpaired) electrons. The molecule has 1 unspecified atom stereocenters. The summed E-state index contributed by atoms with van der Waals surface area (Å²) in [4.78, 5) is 23.7. The molecule has 1 atom stereocenters. The highest BCUT2D eigenvalue weighted by molar-refractivity contribution is 6.41. The van der Waals surface area contributed by atoms with Crippen molar-refractivity contribution >= 4 is 17.4 Å². The van der Waals surface area contributed by atoms with E-state index in [1.54, 1.807) is 0 Å². The Balaban J connectivity index is 1.78. The summed E-state index contributed by atoms with van der Waals surface area (Å²) in [5, 5.41) is 14.3. The van der Waals surface area contributed by atoms with Crippen molar-refractivity contribution in [2.45, 2.75) is 38.1 Å². The maximum atomic E-state index is 11.9. The van der Waals surface area contributed by atoms with E-state index in [4.69, 9.17) is 5.26 Å². The molecule has 1 amide bonds. The number of carbonyl (C=O) groups is 2. The summed E-state index contributed by atoms with van der Waals surface area (Å²) in [5.41, 5.74) is 0.424. The van der Waals surface area contributed by atoms with Crippen molar-refractivity contribution in [2.75, 3.05) is 0 Å². The summed E-state index contributed by atoms with van der Waals surface area (Å²) in [6, 6.07) is 1.49. The van der Waals surface area contributed by atoms with Crippen LogP contribution in [0.15, 0.2) is 5.10 Å². The molecule has 0 aromatic carbocycles. The van der Waals surface area contributed by atoms with Crippen LogP contribution in [0.25, 0.3) is 0 Å². The van der Waals surface area contributed by atoms with Crippen molar-refractivity contribution in [2.24, 2.45) is 16.9 Å². The molecule has 5 nitrogen and oxygen atoms in total. The second kappa shape index (κ2) is 3.66. The average molecular weight is 231 g/mol. The Hall–Kier alpha value is -1.70. The first kappa shape index (κ1) is 10.5. The highest BCUT2D eigenvalue weighted by atomic mass is 16.2. The zero-order valence-electron chi connectivity index (χ0n) is 9.43. The molecular formula is C12H13N3O2. The Morgan fingerprint density at radius 2 is 1.88 bits per heavy atom. The molecule has 88 valence electrons. The minimum atomic E-state index is -0.569. The second-order valence-corrected chi connectivity index (χ2v) is 4.99. The van der Waals surface area contributed by atoms with Gasteiger partial charge in [0.25, 0.3) is 0 Å². The number of nitriles is 1. The van der Waals surface area contributed by atoms with E-state index in [-0.39, 0.29) is 23.5 Å². The topological polar surface area (TPSA) is 73.5 Å². The van der Waals surface area contributed by atoms with Crippen molar-refractivity contribution in [1.82, 2.24) is 5.01 Å². The molecule has 5 heteroatoms. The van der Waals surface area contributed by atoms with Gasteiger partial charge in [0.15, 0.2) is 5.78 Å². The van der Waals surface area contributed by atoms with Crippen LogP contribution < -0.4 is 0 Å². The average Bonchev–Trinajstić information content (AvgIpc) is 3.20. The summed E-state index contributed by atoms with van der Waals surface area (Å²) in [7, 11) is 0. The highest BCUT2D eigenvalue weighted by Crippen LogP contribution is 2.35. The van der Waals surface area contributed by atoms with Gasteiger partial charge < -0.3 is 0 Å². The van der Waals surface area contributed by atoms with Crippen LogP contribution in [0.5, 0.6) is 0 Å². The summed E-state index contributed by atoms with van der Waals surface area (Å²) in [6.07, 6.45) is 3.92. The third-order valence-electron chi connectivity index (χ3n) is 3.44. The lowest BCUT2D eigenvalue weighted by atomic mass is 10.1. The normalized spacial score (nSPS) is 27.6. The number of Topliss-reactive ketones (excluding diaryl/α,β-unsaturated/α-hetero) is 1. The Kier molecular flexibility index (Phi) is 2.25. The third-order valence-corrected chi connectivity index (χ3v) is 3.44. The molecule has 0 aromatic heterocycles. The lowest BCUT2D eigenvalue weighted by molar-refractivity contribution is -0.133. The van der Waals surface area contributed by atoms with Gasteiger partial charge in [-0.25, -0.2) is 5.01 Å². The van der Waals surface area contributed by atoms with Gasteiger partial charge >= 0.3 is 0 Å². The third kappa shape index (κ3) is 1.84. The van der Waals surface area contributed by atoms with Crippen molar-refractivity contribution in [3.63, 3.8) is 0 Å². The second-order valence-electron chi connectivity index (χ2n) is 4.99. The molecule has 3 aliphatic rings. The summed E-state index contributed by atoms with van der Waals surface area (Å²) in [5.74, 6) is 0.0838. The Morgan fingerprint density at radius 1 is 1.24 bits per heavy atom. The molecule has 0 saturated heterocycles. The zero-order chi connectivity index (χ0) is 12.0. The van der Waals surface area contributed by atoms with E-state index in [0.29, 0.717) is 12.1 Å². The van der Waals surface area contributed by atoms with Gasteiger partial charge in [-0.05, 0) is 25.7 Å². The van der Waals surface area contributed by atoms with Crippen LogP contribution in [0, 0.1) is 23.2 Å². The number of carbonyl (C=O) groups excluding carboxylic acids is 2. The Morgan fingerprint density at radius 3 is 2.41 bits per heavy atom. The van der Waals surface area contributed by atoms with E-state index >= 15 is 0 Å². The number of ketones is 1. The van der Waals surface area contributed by atoms with Gasteiger partial charge in [0, 0.05) is 18.3 Å². The van der Waals surface area contributed by atoms with Crippen molar-refractivity contribution in [3.8, 4) is 6.07 Å². The maximum absolute atomic E-state index is 11.9. The fourth-order valence-electron chi connectivity index (χ4n) is 2.06. The molecular weight excluding hydrogens is 218 g/mol. The predicted molar refractivity (Wildman–Crippen MR) is 58.8 cm³/mol. The fourth-order valence-corrected chi connectivity index (χ4v) is 2.06. The summed E-state index contributed by atoms with van der Waals surface area (Å²) < 4.78 is 0. The molecule has 0 N–H and O–H groups in total. The highest BCUT2D eigenvalue weighted by Gasteiger charge is 2.43. The number of hydrogen-bond donors (Lipinski definition) is 0. The van der Waals surface area contributed by atoms with Crippen LogP contribution in [0.3, 0.4) is 0 Å². The van der Waals surface area contributed by atoms with Crippen LogP contribution in [-0.2, 0) is 9.59 Å². The van der Waals surface area contributed by atoms with E-state index in [2.05, 4.69) is 11.2 Å². The maximum Gasteiger partial charge on any atom is 0.247 e. The van der Waals surface area contributed by atoms with Crippen LogP contribution >= 0.6 is 0 Å². The van der Waals surface area contributed by atoms with Crippen LogP contribution in [-0.4, -0.2) is 28.5 Å². The molecule has 0 aromatic rings. The Labute approximate surface area is 99.1 Å². The van der Waals surface area contributed by atoms with Gasteiger partial charge in [0.05, 0.1) is 6.07 Å². The first-order valence-corrected chi connectivity index (χ1v) is 6.05. The number of hydrazone groups is 1. The standard InChI is InChI=1S/C12H13N3O2/c13-6-9-5-10(11(16)7-1-2-7)14-15(9)12(17)8-3-4-8/h7-9H,1-5H2. The van der Waals surface area contributed by atoms with E-state index in [1.165, 1.54) is 5.01 Å². The van der Waals surface area contributed by atoms with E-state index in [0.717, 1.165) is 25.7 Å². The Bertz CT molecular complexity index is 455. The molecule has 17 heavy (non-hydrogen) atoms. The van der Waals surface area contributed by atoms with Crippen LogP contribution in [0.2, 0.25) is 0 Å². The lowest BCUT2D eigenvalue weighted by Crippen LogP contribution is -2.32. The summed E-state index contributed by atoms with van der Waals surface area (Å²) in [6.45, 7) is 0. The number of amides is 1. The molecule has 2 saturated carbocycles. The molecule has 3 rings (SSSR count). The lowest BCUT2D eigenvalue weighted by Gasteiger charge is -2.14. The van der Waals surface area contributed by atoms with E-state index in [1.807, 2.05) is 0 Å². The molecule has 1 heterocycles. The molecule has 0 spiro atoms. The monoisotopic (exact) mass is 231 g/mol. The molecule has 2 aliphatic carbocycles. The van der Waals surface area contributed by atoms with Crippen LogP contribution in [0.1, 0.15) is 32.1 Å².